The molecule has 3 heterocycles. The van der Waals surface area contributed by atoms with E-state index in [-0.39, 0.29) is 0 Å². The van der Waals surface area contributed by atoms with E-state index in [0.29, 0.717) is 18.2 Å². The van der Waals surface area contributed by atoms with Gasteiger partial charge in [0.05, 0.1) is 17.1 Å². The topological polar surface area (TPSA) is 96.4 Å². The standard InChI is InChI=1S/C29H30N8/c1-20(2)18-37(19-22-9-5-4-6-10-22)28-15-23(13-24-17-30-21(3)16-31-24)14-27(32-28)25-11-7-8-12-26(25)29-33-35-36-34-29/h4-12,14-17,20H,13,18-19H2,1-3H3,(H,33,34,35,36). The number of benzene rings is 2. The Kier molecular flexibility index (Phi) is 7.26. The minimum atomic E-state index is 0.465. The molecule has 0 atom stereocenters. The van der Waals surface area contributed by atoms with Gasteiger partial charge in [0.25, 0.3) is 0 Å². The Morgan fingerprint density at radius 2 is 1.65 bits per heavy atom. The zero-order valence-electron chi connectivity index (χ0n) is 21.3. The molecule has 0 bridgehead atoms. The van der Waals surface area contributed by atoms with Crippen LogP contribution >= 0.6 is 0 Å². The number of hydrogen-bond acceptors (Lipinski definition) is 7. The van der Waals surface area contributed by atoms with Crippen LogP contribution in [0.4, 0.5) is 5.82 Å². The lowest BCUT2D eigenvalue weighted by Gasteiger charge is -2.27. The number of pyridine rings is 1. The van der Waals surface area contributed by atoms with Crippen molar-refractivity contribution in [1.29, 1.82) is 0 Å². The molecule has 5 rings (SSSR count). The first kappa shape index (κ1) is 24.2. The molecule has 3 aromatic heterocycles. The molecule has 0 amide bonds. The molecule has 186 valence electrons. The maximum atomic E-state index is 5.18. The fraction of sp³-hybridized carbons (Fsp3) is 0.241. The number of H-pyrrole nitrogens is 1. The third-order valence-corrected chi connectivity index (χ3v) is 6.01. The second kappa shape index (κ2) is 11.1. The van der Waals surface area contributed by atoms with Crippen molar-refractivity contribution in [2.45, 2.75) is 33.7 Å². The summed E-state index contributed by atoms with van der Waals surface area (Å²) in [7, 11) is 0. The van der Waals surface area contributed by atoms with Crippen LogP contribution in [0, 0.1) is 12.8 Å². The first-order valence-corrected chi connectivity index (χ1v) is 12.5. The smallest absolute Gasteiger partial charge is 0.205 e. The Bertz CT molecular complexity index is 1430. The van der Waals surface area contributed by atoms with E-state index < -0.39 is 0 Å². The Labute approximate surface area is 216 Å². The number of tetrazole rings is 1. The molecule has 0 spiro atoms. The van der Waals surface area contributed by atoms with Crippen molar-refractivity contribution in [3.63, 3.8) is 0 Å². The van der Waals surface area contributed by atoms with Crippen LogP contribution in [-0.2, 0) is 13.0 Å². The van der Waals surface area contributed by atoms with Gasteiger partial charge in [-0.05, 0) is 41.3 Å². The second-order valence-corrected chi connectivity index (χ2v) is 9.59. The summed E-state index contributed by atoms with van der Waals surface area (Å²) < 4.78 is 0. The van der Waals surface area contributed by atoms with Crippen LogP contribution in [-0.4, -0.2) is 42.1 Å². The van der Waals surface area contributed by atoms with Gasteiger partial charge in [-0.1, -0.05) is 68.4 Å². The van der Waals surface area contributed by atoms with Crippen molar-refractivity contribution in [3.05, 3.63) is 102 Å². The third-order valence-electron chi connectivity index (χ3n) is 6.01. The van der Waals surface area contributed by atoms with E-state index in [1.165, 1.54) is 5.56 Å². The number of anilines is 1. The zero-order chi connectivity index (χ0) is 25.6. The van der Waals surface area contributed by atoms with Crippen LogP contribution in [0.5, 0.6) is 0 Å². The van der Waals surface area contributed by atoms with Crippen LogP contribution in [0.25, 0.3) is 22.6 Å². The van der Waals surface area contributed by atoms with E-state index in [1.54, 1.807) is 0 Å². The van der Waals surface area contributed by atoms with Crippen molar-refractivity contribution in [3.8, 4) is 22.6 Å². The summed E-state index contributed by atoms with van der Waals surface area (Å²) >= 11 is 0. The van der Waals surface area contributed by atoms with Crippen LogP contribution in [0.15, 0.2) is 79.1 Å². The first-order chi connectivity index (χ1) is 18.0. The van der Waals surface area contributed by atoms with Crippen molar-refractivity contribution in [1.82, 2.24) is 35.6 Å². The molecule has 0 fully saturated rings. The predicted octanol–water partition coefficient (Wildman–Crippen LogP) is 5.28. The molecule has 0 aliphatic rings. The number of aromatic nitrogens is 7. The normalized spacial score (nSPS) is 11.1. The highest BCUT2D eigenvalue weighted by molar-refractivity contribution is 5.79. The van der Waals surface area contributed by atoms with Crippen LogP contribution in [0.1, 0.15) is 36.4 Å². The SMILES string of the molecule is Cc1cnc(Cc2cc(-c3ccccc3-c3nn[nH]n3)nc(N(Cc3ccccc3)CC(C)C)c2)cn1. The molecule has 0 saturated carbocycles. The second-order valence-electron chi connectivity index (χ2n) is 9.59. The molecular weight excluding hydrogens is 460 g/mol. The van der Waals surface area contributed by atoms with Gasteiger partial charge in [-0.2, -0.15) is 5.21 Å². The molecule has 37 heavy (non-hydrogen) atoms. The number of aryl methyl sites for hydroxylation is 1. The molecule has 8 heteroatoms. The zero-order valence-corrected chi connectivity index (χ0v) is 21.3. The fourth-order valence-electron chi connectivity index (χ4n) is 4.35. The summed E-state index contributed by atoms with van der Waals surface area (Å²) in [4.78, 5) is 16.6. The van der Waals surface area contributed by atoms with E-state index in [1.807, 2.05) is 43.6 Å². The van der Waals surface area contributed by atoms with Gasteiger partial charge in [0.1, 0.15) is 5.82 Å². The number of aromatic amines is 1. The summed E-state index contributed by atoms with van der Waals surface area (Å²) in [6.45, 7) is 8.06. The lowest BCUT2D eigenvalue weighted by molar-refractivity contribution is 0.604. The maximum absolute atomic E-state index is 5.18. The van der Waals surface area contributed by atoms with E-state index in [0.717, 1.165) is 52.7 Å². The van der Waals surface area contributed by atoms with E-state index >= 15 is 0 Å². The number of hydrogen-bond donors (Lipinski definition) is 1. The molecule has 2 aromatic carbocycles. The molecule has 5 aromatic rings. The van der Waals surface area contributed by atoms with Gasteiger partial charge in [-0.15, -0.1) is 10.2 Å². The van der Waals surface area contributed by atoms with Crippen LogP contribution in [0.3, 0.4) is 0 Å². The van der Waals surface area contributed by atoms with Gasteiger partial charge in [-0.3, -0.25) is 9.97 Å². The van der Waals surface area contributed by atoms with Crippen molar-refractivity contribution < 1.29 is 0 Å². The molecule has 0 unspecified atom stereocenters. The first-order valence-electron chi connectivity index (χ1n) is 12.5. The van der Waals surface area contributed by atoms with Crippen molar-refractivity contribution in [2.75, 3.05) is 11.4 Å². The van der Waals surface area contributed by atoms with Gasteiger partial charge in [0.15, 0.2) is 0 Å². The van der Waals surface area contributed by atoms with Gasteiger partial charge >= 0.3 is 0 Å². The highest BCUT2D eigenvalue weighted by atomic mass is 15.5. The van der Waals surface area contributed by atoms with E-state index in [9.17, 15) is 0 Å². The average Bonchev–Trinajstić information content (AvgIpc) is 3.45. The predicted molar refractivity (Wildman–Crippen MR) is 145 cm³/mol. The molecule has 0 saturated heterocycles. The van der Waals surface area contributed by atoms with E-state index in [4.69, 9.17) is 4.98 Å². The minimum Gasteiger partial charge on any atom is -0.352 e. The molecule has 0 aliphatic heterocycles. The van der Waals surface area contributed by atoms with Crippen LogP contribution < -0.4 is 4.90 Å². The minimum absolute atomic E-state index is 0.465. The molecule has 1 N–H and O–H groups in total. The molecule has 8 nitrogen and oxygen atoms in total. The average molecular weight is 491 g/mol. The lowest BCUT2D eigenvalue weighted by Crippen LogP contribution is -2.28. The Hall–Kier alpha value is -4.46. The summed E-state index contributed by atoms with van der Waals surface area (Å²) in [6, 6.07) is 22.9. The Balaban J connectivity index is 1.61. The molecule has 0 aliphatic carbocycles. The van der Waals surface area contributed by atoms with Gasteiger partial charge < -0.3 is 4.90 Å². The Morgan fingerprint density at radius 1 is 0.865 bits per heavy atom. The van der Waals surface area contributed by atoms with Gasteiger partial charge in [-0.25, -0.2) is 4.98 Å². The number of nitrogens with zero attached hydrogens (tertiary/aromatic N) is 7. The molecule has 0 radical (unpaired) electrons. The van der Waals surface area contributed by atoms with E-state index in [2.05, 4.69) is 91.8 Å². The summed E-state index contributed by atoms with van der Waals surface area (Å²) in [5, 5.41) is 14.8. The summed E-state index contributed by atoms with van der Waals surface area (Å²) in [6.07, 6.45) is 4.31. The summed E-state index contributed by atoms with van der Waals surface area (Å²) in [5.41, 5.74) is 6.86. The number of rotatable bonds is 9. The largest absolute Gasteiger partial charge is 0.352 e. The lowest BCUT2D eigenvalue weighted by atomic mass is 10.0. The molecular formula is C29H30N8. The third kappa shape index (κ3) is 6.03. The number of nitrogens with one attached hydrogen (secondary N) is 1. The van der Waals surface area contributed by atoms with Crippen molar-refractivity contribution in [2.24, 2.45) is 5.92 Å². The maximum Gasteiger partial charge on any atom is 0.205 e. The fourth-order valence-corrected chi connectivity index (χ4v) is 4.35. The quantitative estimate of drug-likeness (QED) is 0.300. The van der Waals surface area contributed by atoms with Crippen molar-refractivity contribution >= 4 is 5.82 Å². The highest BCUT2D eigenvalue weighted by Gasteiger charge is 2.17. The summed E-state index contributed by atoms with van der Waals surface area (Å²) in [5.74, 6) is 1.93. The monoisotopic (exact) mass is 490 g/mol. The Morgan fingerprint density at radius 3 is 2.35 bits per heavy atom. The van der Waals surface area contributed by atoms with Crippen LogP contribution in [0.2, 0.25) is 0 Å². The highest BCUT2D eigenvalue weighted by Crippen LogP contribution is 2.32. The van der Waals surface area contributed by atoms with Gasteiger partial charge in [0.2, 0.25) is 5.82 Å². The van der Waals surface area contributed by atoms with Gasteiger partial charge in [0, 0.05) is 43.0 Å².